The average Bonchev–Trinajstić information content (AvgIpc) is 3.35. The SMILES string of the molecule is CCN(CC1CCCCO1)C(=O)c1cnc2c(c1)ncn2C1CCCC1. The van der Waals surface area contributed by atoms with E-state index in [1.165, 1.54) is 32.1 Å². The van der Waals surface area contributed by atoms with Crippen LogP contribution in [0.15, 0.2) is 18.6 Å². The quantitative estimate of drug-likeness (QED) is 0.822. The fraction of sp³-hybridized carbons (Fsp3) is 0.650. The summed E-state index contributed by atoms with van der Waals surface area (Å²) in [5.74, 6) is 0.0199. The molecule has 4 rings (SSSR count). The molecule has 2 aromatic heterocycles. The highest BCUT2D eigenvalue weighted by molar-refractivity contribution is 5.96. The molecular formula is C20H28N4O2. The maximum atomic E-state index is 13.0. The molecule has 0 aromatic carbocycles. The second kappa shape index (κ2) is 7.74. The van der Waals surface area contributed by atoms with Gasteiger partial charge < -0.3 is 14.2 Å². The van der Waals surface area contributed by atoms with Gasteiger partial charge in [-0.1, -0.05) is 12.8 Å². The van der Waals surface area contributed by atoms with Crippen molar-refractivity contribution in [3.05, 3.63) is 24.2 Å². The molecular weight excluding hydrogens is 328 g/mol. The van der Waals surface area contributed by atoms with Gasteiger partial charge in [0.2, 0.25) is 0 Å². The fourth-order valence-corrected chi connectivity index (χ4v) is 4.22. The van der Waals surface area contributed by atoms with Gasteiger partial charge in [0.25, 0.3) is 5.91 Å². The van der Waals surface area contributed by atoms with Crippen LogP contribution in [0.4, 0.5) is 0 Å². The summed E-state index contributed by atoms with van der Waals surface area (Å²) in [5.41, 5.74) is 2.33. The first kappa shape index (κ1) is 17.5. The van der Waals surface area contributed by atoms with Crippen LogP contribution >= 0.6 is 0 Å². The first-order valence-corrected chi connectivity index (χ1v) is 9.99. The molecule has 140 valence electrons. The number of aromatic nitrogens is 3. The van der Waals surface area contributed by atoms with Crippen LogP contribution in [0.2, 0.25) is 0 Å². The Balaban J connectivity index is 1.52. The molecule has 6 heteroatoms. The molecule has 1 atom stereocenters. The zero-order valence-corrected chi connectivity index (χ0v) is 15.6. The second-order valence-electron chi connectivity index (χ2n) is 7.49. The lowest BCUT2D eigenvalue weighted by Crippen LogP contribution is -2.39. The number of imidazole rings is 1. The van der Waals surface area contributed by atoms with Crippen molar-refractivity contribution in [1.82, 2.24) is 19.4 Å². The van der Waals surface area contributed by atoms with Crippen LogP contribution in [0.5, 0.6) is 0 Å². The number of ether oxygens (including phenoxy) is 1. The lowest BCUT2D eigenvalue weighted by atomic mass is 10.1. The van der Waals surface area contributed by atoms with Crippen molar-refractivity contribution in [2.45, 2.75) is 64.0 Å². The Labute approximate surface area is 154 Å². The average molecular weight is 356 g/mol. The van der Waals surface area contributed by atoms with Crippen LogP contribution in [0.25, 0.3) is 11.2 Å². The van der Waals surface area contributed by atoms with Crippen molar-refractivity contribution in [1.29, 1.82) is 0 Å². The molecule has 2 aromatic rings. The molecule has 2 aliphatic rings. The summed E-state index contributed by atoms with van der Waals surface area (Å²) in [6, 6.07) is 2.39. The van der Waals surface area contributed by atoms with E-state index in [0.717, 1.165) is 30.6 Å². The minimum Gasteiger partial charge on any atom is -0.376 e. The van der Waals surface area contributed by atoms with Gasteiger partial charge in [0.15, 0.2) is 5.65 Å². The summed E-state index contributed by atoms with van der Waals surface area (Å²) in [4.78, 5) is 23.9. The molecule has 6 nitrogen and oxygen atoms in total. The van der Waals surface area contributed by atoms with E-state index >= 15 is 0 Å². The van der Waals surface area contributed by atoms with Crippen molar-refractivity contribution >= 4 is 17.1 Å². The zero-order chi connectivity index (χ0) is 17.9. The predicted octanol–water partition coefficient (Wildman–Crippen LogP) is 3.58. The standard InChI is InChI=1S/C20H28N4O2/c1-2-23(13-17-9-5-6-10-26-17)20(25)15-11-18-19(21-12-15)24(14-22-18)16-7-3-4-8-16/h11-12,14,16-17H,2-10,13H2,1H3. The maximum Gasteiger partial charge on any atom is 0.255 e. The Hall–Kier alpha value is -1.95. The van der Waals surface area contributed by atoms with Crippen LogP contribution in [-0.2, 0) is 4.74 Å². The molecule has 1 saturated heterocycles. The van der Waals surface area contributed by atoms with Crippen molar-refractivity contribution in [2.75, 3.05) is 19.7 Å². The first-order valence-electron chi connectivity index (χ1n) is 9.99. The first-order chi connectivity index (χ1) is 12.8. The molecule has 0 bridgehead atoms. The summed E-state index contributed by atoms with van der Waals surface area (Å²) in [6.07, 6.45) is 12.0. The van der Waals surface area contributed by atoms with Gasteiger partial charge in [-0.05, 0) is 45.1 Å². The molecule has 0 N–H and O–H groups in total. The molecule has 0 radical (unpaired) electrons. The number of fused-ring (bicyclic) bond motifs is 1. The van der Waals surface area contributed by atoms with Gasteiger partial charge in [0, 0.05) is 31.9 Å². The highest BCUT2D eigenvalue weighted by atomic mass is 16.5. The van der Waals surface area contributed by atoms with E-state index in [0.29, 0.717) is 24.7 Å². The molecule has 0 spiro atoms. The minimum absolute atomic E-state index is 0.0199. The third kappa shape index (κ3) is 3.47. The lowest BCUT2D eigenvalue weighted by Gasteiger charge is -2.29. The summed E-state index contributed by atoms with van der Waals surface area (Å²) in [5, 5.41) is 0. The second-order valence-corrected chi connectivity index (χ2v) is 7.49. The van der Waals surface area contributed by atoms with Crippen LogP contribution in [0.3, 0.4) is 0 Å². The van der Waals surface area contributed by atoms with E-state index < -0.39 is 0 Å². The van der Waals surface area contributed by atoms with Gasteiger partial charge in [-0.3, -0.25) is 4.79 Å². The van der Waals surface area contributed by atoms with E-state index in [1.54, 1.807) is 6.20 Å². The van der Waals surface area contributed by atoms with E-state index in [9.17, 15) is 4.79 Å². The van der Waals surface area contributed by atoms with Crippen LogP contribution < -0.4 is 0 Å². The summed E-state index contributed by atoms with van der Waals surface area (Å²) in [7, 11) is 0. The molecule has 1 unspecified atom stereocenters. The van der Waals surface area contributed by atoms with Crippen molar-refractivity contribution < 1.29 is 9.53 Å². The molecule has 1 saturated carbocycles. The van der Waals surface area contributed by atoms with E-state index in [2.05, 4.69) is 14.5 Å². The number of hydrogen-bond acceptors (Lipinski definition) is 4. The third-order valence-electron chi connectivity index (χ3n) is 5.75. The number of amides is 1. The fourth-order valence-electron chi connectivity index (χ4n) is 4.22. The number of hydrogen-bond donors (Lipinski definition) is 0. The van der Waals surface area contributed by atoms with Crippen molar-refractivity contribution in [2.24, 2.45) is 0 Å². The molecule has 26 heavy (non-hydrogen) atoms. The number of pyridine rings is 1. The summed E-state index contributed by atoms with van der Waals surface area (Å²) >= 11 is 0. The maximum absolute atomic E-state index is 13.0. The van der Waals surface area contributed by atoms with Gasteiger partial charge in [0.1, 0.15) is 5.52 Å². The Morgan fingerprint density at radius 3 is 2.77 bits per heavy atom. The number of rotatable bonds is 5. The van der Waals surface area contributed by atoms with Crippen LogP contribution in [-0.4, -0.2) is 51.1 Å². The molecule has 1 amide bonds. The monoisotopic (exact) mass is 356 g/mol. The number of nitrogens with zero attached hydrogens (tertiary/aromatic N) is 4. The number of carbonyl (C=O) groups is 1. The van der Waals surface area contributed by atoms with Gasteiger partial charge in [-0.2, -0.15) is 0 Å². The zero-order valence-electron chi connectivity index (χ0n) is 15.6. The normalized spacial score (nSPS) is 21.3. The largest absolute Gasteiger partial charge is 0.376 e. The minimum atomic E-state index is 0.0199. The van der Waals surface area contributed by atoms with Crippen LogP contribution in [0.1, 0.15) is 68.3 Å². The number of carbonyl (C=O) groups excluding carboxylic acids is 1. The Bertz CT molecular complexity index is 760. The highest BCUT2D eigenvalue weighted by Crippen LogP contribution is 2.31. The van der Waals surface area contributed by atoms with E-state index in [1.807, 2.05) is 24.2 Å². The molecule has 1 aliphatic carbocycles. The topological polar surface area (TPSA) is 60.2 Å². The Morgan fingerprint density at radius 2 is 2.04 bits per heavy atom. The molecule has 2 fully saturated rings. The lowest BCUT2D eigenvalue weighted by molar-refractivity contribution is -0.00312. The summed E-state index contributed by atoms with van der Waals surface area (Å²) < 4.78 is 7.99. The smallest absolute Gasteiger partial charge is 0.255 e. The predicted molar refractivity (Wildman–Crippen MR) is 100 cm³/mol. The van der Waals surface area contributed by atoms with E-state index in [-0.39, 0.29) is 12.0 Å². The number of likely N-dealkylation sites (N-methyl/N-ethyl adjacent to an activating group) is 1. The van der Waals surface area contributed by atoms with Crippen molar-refractivity contribution in [3.63, 3.8) is 0 Å². The third-order valence-corrected chi connectivity index (χ3v) is 5.75. The van der Waals surface area contributed by atoms with Gasteiger partial charge in [-0.25, -0.2) is 9.97 Å². The van der Waals surface area contributed by atoms with Crippen LogP contribution in [0, 0.1) is 0 Å². The Morgan fingerprint density at radius 1 is 1.23 bits per heavy atom. The Kier molecular flexibility index (Phi) is 5.20. The highest BCUT2D eigenvalue weighted by Gasteiger charge is 2.23. The molecule has 3 heterocycles. The van der Waals surface area contributed by atoms with Gasteiger partial charge >= 0.3 is 0 Å². The molecule has 1 aliphatic heterocycles. The van der Waals surface area contributed by atoms with Gasteiger partial charge in [-0.15, -0.1) is 0 Å². The van der Waals surface area contributed by atoms with Gasteiger partial charge in [0.05, 0.1) is 18.0 Å². The summed E-state index contributed by atoms with van der Waals surface area (Å²) in [6.45, 7) is 4.15. The van der Waals surface area contributed by atoms with Crippen molar-refractivity contribution in [3.8, 4) is 0 Å². The van der Waals surface area contributed by atoms with E-state index in [4.69, 9.17) is 4.74 Å².